The molecule has 0 unspecified atom stereocenters. The lowest BCUT2D eigenvalue weighted by atomic mass is 10.2. The Labute approximate surface area is 139 Å². The molecule has 23 heavy (non-hydrogen) atoms. The molecule has 0 atom stereocenters. The van der Waals surface area contributed by atoms with E-state index < -0.39 is 0 Å². The van der Waals surface area contributed by atoms with Crippen molar-refractivity contribution >= 4 is 22.4 Å². The number of methoxy groups -OCH3 is 2. The SMILES string of the molecule is COc1ccc(C(=O)Nc2nc3c(s2)CCCCC3)c(OC)c1. The lowest BCUT2D eigenvalue weighted by Gasteiger charge is -2.09. The number of hydrogen-bond donors (Lipinski definition) is 1. The van der Waals surface area contributed by atoms with Gasteiger partial charge in [-0.2, -0.15) is 0 Å². The Bertz CT molecular complexity index is 688. The predicted octanol–water partition coefficient (Wildman–Crippen LogP) is 3.68. The summed E-state index contributed by atoms with van der Waals surface area (Å²) in [6.07, 6.45) is 5.71. The molecule has 122 valence electrons. The minimum atomic E-state index is -0.214. The molecule has 1 amide bonds. The maximum absolute atomic E-state index is 12.5. The number of nitrogens with zero attached hydrogens (tertiary/aromatic N) is 1. The number of fused-ring (bicyclic) bond motifs is 1. The number of aromatic nitrogens is 1. The largest absolute Gasteiger partial charge is 0.497 e. The molecule has 0 spiro atoms. The highest BCUT2D eigenvalue weighted by atomic mass is 32.1. The van der Waals surface area contributed by atoms with Gasteiger partial charge in [-0.1, -0.05) is 6.42 Å². The van der Waals surface area contributed by atoms with Crippen LogP contribution in [-0.2, 0) is 12.8 Å². The molecule has 1 N–H and O–H groups in total. The number of benzene rings is 1. The maximum Gasteiger partial charge on any atom is 0.261 e. The van der Waals surface area contributed by atoms with Crippen LogP contribution in [-0.4, -0.2) is 25.1 Å². The maximum atomic E-state index is 12.5. The second-order valence-electron chi connectivity index (χ2n) is 5.47. The smallest absolute Gasteiger partial charge is 0.261 e. The zero-order valence-electron chi connectivity index (χ0n) is 13.3. The van der Waals surface area contributed by atoms with E-state index in [1.54, 1.807) is 36.6 Å². The second kappa shape index (κ2) is 7.00. The van der Waals surface area contributed by atoms with Gasteiger partial charge in [0.05, 0.1) is 25.5 Å². The van der Waals surface area contributed by atoms with Crippen molar-refractivity contribution < 1.29 is 14.3 Å². The van der Waals surface area contributed by atoms with Crippen LogP contribution in [0.4, 0.5) is 5.13 Å². The van der Waals surface area contributed by atoms with Gasteiger partial charge in [0.1, 0.15) is 11.5 Å². The summed E-state index contributed by atoms with van der Waals surface area (Å²) < 4.78 is 10.4. The summed E-state index contributed by atoms with van der Waals surface area (Å²) in [6.45, 7) is 0. The van der Waals surface area contributed by atoms with Crippen LogP contribution in [0.2, 0.25) is 0 Å². The average molecular weight is 332 g/mol. The Balaban J connectivity index is 1.79. The summed E-state index contributed by atoms with van der Waals surface area (Å²) in [5.41, 5.74) is 1.61. The van der Waals surface area contributed by atoms with Crippen LogP contribution in [0.3, 0.4) is 0 Å². The van der Waals surface area contributed by atoms with Gasteiger partial charge in [-0.25, -0.2) is 4.98 Å². The number of nitrogens with one attached hydrogen (secondary N) is 1. The summed E-state index contributed by atoms with van der Waals surface area (Å²) in [7, 11) is 3.12. The van der Waals surface area contributed by atoms with Crippen LogP contribution < -0.4 is 14.8 Å². The van der Waals surface area contributed by atoms with E-state index in [2.05, 4.69) is 10.3 Å². The lowest BCUT2D eigenvalue weighted by Crippen LogP contribution is -2.13. The van der Waals surface area contributed by atoms with E-state index in [0.717, 1.165) is 18.5 Å². The molecule has 0 bridgehead atoms. The van der Waals surface area contributed by atoms with Crippen molar-refractivity contribution in [1.82, 2.24) is 4.98 Å². The Morgan fingerprint density at radius 2 is 2.00 bits per heavy atom. The first-order chi connectivity index (χ1) is 11.2. The van der Waals surface area contributed by atoms with Gasteiger partial charge >= 0.3 is 0 Å². The molecule has 1 aliphatic rings. The number of thiazole rings is 1. The standard InChI is InChI=1S/C17H20N2O3S/c1-21-11-8-9-12(14(10-11)22-2)16(20)19-17-18-13-6-4-3-5-7-15(13)23-17/h8-10H,3-7H2,1-2H3,(H,18,19,20). The summed E-state index contributed by atoms with van der Waals surface area (Å²) in [4.78, 5) is 18.4. The van der Waals surface area contributed by atoms with Gasteiger partial charge < -0.3 is 9.47 Å². The van der Waals surface area contributed by atoms with E-state index in [9.17, 15) is 4.79 Å². The topological polar surface area (TPSA) is 60.5 Å². The fraction of sp³-hybridized carbons (Fsp3) is 0.412. The molecule has 0 fully saturated rings. The third-order valence-corrected chi connectivity index (χ3v) is 5.04. The summed E-state index contributed by atoms with van der Waals surface area (Å²) in [5, 5.41) is 3.56. The molecule has 0 aliphatic heterocycles. The fourth-order valence-electron chi connectivity index (χ4n) is 2.73. The van der Waals surface area contributed by atoms with Gasteiger partial charge in [-0.15, -0.1) is 11.3 Å². The Kier molecular flexibility index (Phi) is 4.81. The molecular weight excluding hydrogens is 312 g/mol. The first-order valence-corrected chi connectivity index (χ1v) is 8.55. The number of amides is 1. The fourth-order valence-corrected chi connectivity index (χ4v) is 3.78. The summed E-state index contributed by atoms with van der Waals surface area (Å²) in [5.74, 6) is 0.924. The number of anilines is 1. The van der Waals surface area contributed by atoms with Gasteiger partial charge in [0.25, 0.3) is 5.91 Å². The molecule has 0 saturated carbocycles. The molecule has 1 aliphatic carbocycles. The van der Waals surface area contributed by atoms with Gasteiger partial charge in [0.15, 0.2) is 5.13 Å². The summed E-state index contributed by atoms with van der Waals surface area (Å²) >= 11 is 1.58. The monoisotopic (exact) mass is 332 g/mol. The number of ether oxygens (including phenoxy) is 2. The Hall–Kier alpha value is -2.08. The first-order valence-electron chi connectivity index (χ1n) is 7.73. The molecule has 1 aromatic heterocycles. The number of carbonyl (C=O) groups is 1. The number of carbonyl (C=O) groups excluding carboxylic acids is 1. The molecule has 5 nitrogen and oxygen atoms in total. The minimum Gasteiger partial charge on any atom is -0.497 e. The minimum absolute atomic E-state index is 0.214. The molecule has 3 rings (SSSR count). The van der Waals surface area contributed by atoms with Crippen molar-refractivity contribution in [3.05, 3.63) is 34.3 Å². The molecular formula is C17H20N2O3S. The van der Waals surface area contributed by atoms with Crippen LogP contribution in [0.5, 0.6) is 11.5 Å². The van der Waals surface area contributed by atoms with Crippen molar-refractivity contribution in [2.24, 2.45) is 0 Å². The van der Waals surface area contributed by atoms with Crippen molar-refractivity contribution in [3.8, 4) is 11.5 Å². The van der Waals surface area contributed by atoms with E-state index >= 15 is 0 Å². The van der Waals surface area contributed by atoms with Crippen LogP contribution >= 0.6 is 11.3 Å². The molecule has 0 saturated heterocycles. The first kappa shape index (κ1) is 15.8. The second-order valence-corrected chi connectivity index (χ2v) is 6.55. The zero-order valence-corrected chi connectivity index (χ0v) is 14.2. The third kappa shape index (κ3) is 3.47. The van der Waals surface area contributed by atoms with Gasteiger partial charge in [-0.3, -0.25) is 10.1 Å². The molecule has 0 radical (unpaired) electrons. The van der Waals surface area contributed by atoms with E-state index in [0.29, 0.717) is 22.2 Å². The quantitative estimate of drug-likeness (QED) is 0.868. The normalized spacial score (nSPS) is 13.8. The zero-order chi connectivity index (χ0) is 16.2. The molecule has 1 aromatic carbocycles. The van der Waals surface area contributed by atoms with Crippen LogP contribution in [0.15, 0.2) is 18.2 Å². The van der Waals surface area contributed by atoms with Crippen LogP contribution in [0.25, 0.3) is 0 Å². The Morgan fingerprint density at radius 1 is 1.17 bits per heavy atom. The van der Waals surface area contributed by atoms with E-state index in [-0.39, 0.29) is 5.91 Å². The third-order valence-electron chi connectivity index (χ3n) is 3.97. The molecule has 2 aromatic rings. The molecule has 1 heterocycles. The van der Waals surface area contributed by atoms with Gasteiger partial charge in [0, 0.05) is 10.9 Å². The highest BCUT2D eigenvalue weighted by Crippen LogP contribution is 2.30. The highest BCUT2D eigenvalue weighted by molar-refractivity contribution is 7.15. The summed E-state index contributed by atoms with van der Waals surface area (Å²) in [6, 6.07) is 5.14. The van der Waals surface area contributed by atoms with E-state index in [4.69, 9.17) is 9.47 Å². The number of rotatable bonds is 4. The van der Waals surface area contributed by atoms with Gasteiger partial charge in [0.2, 0.25) is 0 Å². The van der Waals surface area contributed by atoms with Crippen molar-refractivity contribution in [2.75, 3.05) is 19.5 Å². The predicted molar refractivity (Wildman–Crippen MR) is 90.9 cm³/mol. The van der Waals surface area contributed by atoms with E-state index in [1.165, 1.54) is 31.2 Å². The molecule has 6 heteroatoms. The van der Waals surface area contributed by atoms with Crippen LogP contribution in [0.1, 0.15) is 40.2 Å². The Morgan fingerprint density at radius 3 is 2.78 bits per heavy atom. The van der Waals surface area contributed by atoms with Crippen LogP contribution in [0, 0.1) is 0 Å². The van der Waals surface area contributed by atoms with Crippen molar-refractivity contribution in [1.29, 1.82) is 0 Å². The van der Waals surface area contributed by atoms with Crippen molar-refractivity contribution in [3.63, 3.8) is 0 Å². The van der Waals surface area contributed by atoms with Crippen molar-refractivity contribution in [2.45, 2.75) is 32.1 Å². The number of aryl methyl sites for hydroxylation is 2. The van der Waals surface area contributed by atoms with E-state index in [1.807, 2.05) is 0 Å². The average Bonchev–Trinajstić information content (AvgIpc) is 2.82. The highest BCUT2D eigenvalue weighted by Gasteiger charge is 2.18. The van der Waals surface area contributed by atoms with Gasteiger partial charge in [-0.05, 0) is 37.8 Å². The lowest BCUT2D eigenvalue weighted by molar-refractivity contribution is 0.102. The number of hydrogen-bond acceptors (Lipinski definition) is 5.